The number of carbonyl (C=O) groups excluding carboxylic acids is 2. The molecule has 4 rings (SSSR count). The average molecular weight is 424 g/mol. The normalized spacial score (nSPS) is 23.0. The summed E-state index contributed by atoms with van der Waals surface area (Å²) in [5, 5.41) is 0. The van der Waals surface area contributed by atoms with E-state index in [0.717, 1.165) is 36.7 Å². The molecule has 1 saturated heterocycles. The Balaban J connectivity index is 1.49. The summed E-state index contributed by atoms with van der Waals surface area (Å²) in [6.45, 7) is 1.31. The molecule has 1 aliphatic carbocycles. The molecule has 1 aliphatic heterocycles. The highest BCUT2D eigenvalue weighted by Crippen LogP contribution is 2.36. The van der Waals surface area contributed by atoms with Crippen molar-refractivity contribution in [2.75, 3.05) is 13.1 Å². The minimum absolute atomic E-state index is 0.110. The number of esters is 1. The fourth-order valence-electron chi connectivity index (χ4n) is 5.12. The molecule has 31 heavy (non-hydrogen) atoms. The lowest BCUT2D eigenvalue weighted by atomic mass is 9.90. The number of halogens is 1. The molecule has 0 amide bonds. The van der Waals surface area contributed by atoms with Gasteiger partial charge in [0.2, 0.25) is 0 Å². The van der Waals surface area contributed by atoms with E-state index in [9.17, 15) is 14.0 Å². The van der Waals surface area contributed by atoms with Crippen molar-refractivity contribution in [3.8, 4) is 0 Å². The summed E-state index contributed by atoms with van der Waals surface area (Å²) in [4.78, 5) is 27.1. The van der Waals surface area contributed by atoms with Crippen molar-refractivity contribution in [3.05, 3.63) is 71.5 Å². The van der Waals surface area contributed by atoms with E-state index in [0.29, 0.717) is 19.0 Å². The molecule has 0 spiro atoms. The SMILES string of the molecule is O=C[C@H]1CN([C@H](CC2CCCC2)C(=O)OCc2ccccc2)C[C@@H]1c1cccc(F)c1. The molecular weight excluding hydrogens is 393 g/mol. The van der Waals surface area contributed by atoms with Crippen LogP contribution in [-0.2, 0) is 20.9 Å². The highest BCUT2D eigenvalue weighted by Gasteiger charge is 2.41. The molecule has 0 unspecified atom stereocenters. The van der Waals surface area contributed by atoms with Crippen LogP contribution in [0.1, 0.15) is 49.1 Å². The molecule has 0 aromatic heterocycles. The Labute approximate surface area is 183 Å². The first-order valence-corrected chi connectivity index (χ1v) is 11.3. The molecule has 2 aromatic carbocycles. The standard InChI is InChI=1S/C26H30FNO3/c27-23-12-6-11-21(14-23)24-16-28(15-22(24)17-29)25(13-19-7-4-5-8-19)26(30)31-18-20-9-2-1-3-10-20/h1-3,6,9-12,14,17,19,22,24-25H,4-5,7-8,13,15-16,18H2/t22-,24-,25-/m1/s1. The molecule has 1 saturated carbocycles. The molecule has 164 valence electrons. The molecule has 2 aromatic rings. The van der Waals surface area contributed by atoms with Crippen LogP contribution in [-0.4, -0.2) is 36.3 Å². The number of carbonyl (C=O) groups is 2. The second-order valence-corrected chi connectivity index (χ2v) is 8.91. The van der Waals surface area contributed by atoms with Gasteiger partial charge in [-0.3, -0.25) is 9.69 Å². The number of rotatable bonds is 8. The third kappa shape index (κ3) is 5.40. The van der Waals surface area contributed by atoms with Crippen LogP contribution in [0.3, 0.4) is 0 Å². The maximum atomic E-state index is 13.8. The number of ether oxygens (including phenoxy) is 1. The van der Waals surface area contributed by atoms with Crippen molar-refractivity contribution in [1.82, 2.24) is 4.90 Å². The van der Waals surface area contributed by atoms with Gasteiger partial charge in [-0.15, -0.1) is 0 Å². The number of nitrogens with zero attached hydrogens (tertiary/aromatic N) is 1. The maximum absolute atomic E-state index is 13.8. The summed E-state index contributed by atoms with van der Waals surface area (Å²) >= 11 is 0. The number of hydrogen-bond acceptors (Lipinski definition) is 4. The molecule has 4 nitrogen and oxygen atoms in total. The van der Waals surface area contributed by atoms with Gasteiger partial charge in [-0.05, 0) is 35.6 Å². The minimum atomic E-state index is -0.368. The summed E-state index contributed by atoms with van der Waals surface area (Å²) in [7, 11) is 0. The third-order valence-electron chi connectivity index (χ3n) is 6.81. The number of aldehydes is 1. The Hall–Kier alpha value is -2.53. The first kappa shape index (κ1) is 21.7. The fraction of sp³-hybridized carbons (Fsp3) is 0.462. The maximum Gasteiger partial charge on any atom is 0.323 e. The largest absolute Gasteiger partial charge is 0.460 e. The summed E-state index contributed by atoms with van der Waals surface area (Å²) in [5.41, 5.74) is 1.78. The van der Waals surface area contributed by atoms with E-state index in [1.54, 1.807) is 6.07 Å². The summed E-state index contributed by atoms with van der Waals surface area (Å²) in [6, 6.07) is 15.8. The molecule has 0 radical (unpaired) electrons. The van der Waals surface area contributed by atoms with Crippen LogP contribution in [0.2, 0.25) is 0 Å². The van der Waals surface area contributed by atoms with E-state index in [-0.39, 0.29) is 36.3 Å². The fourth-order valence-corrected chi connectivity index (χ4v) is 5.12. The highest BCUT2D eigenvalue weighted by atomic mass is 19.1. The number of benzene rings is 2. The first-order chi connectivity index (χ1) is 15.1. The second-order valence-electron chi connectivity index (χ2n) is 8.91. The molecule has 2 aliphatic rings. The van der Waals surface area contributed by atoms with Crippen molar-refractivity contribution in [2.45, 2.75) is 50.7 Å². The van der Waals surface area contributed by atoms with Crippen LogP contribution < -0.4 is 0 Å². The predicted octanol–water partition coefficient (Wildman–Crippen LogP) is 4.73. The van der Waals surface area contributed by atoms with Crippen molar-refractivity contribution >= 4 is 12.3 Å². The lowest BCUT2D eigenvalue weighted by Crippen LogP contribution is -2.42. The summed E-state index contributed by atoms with van der Waals surface area (Å²) in [5.74, 6) is -0.376. The molecule has 2 fully saturated rings. The number of hydrogen-bond donors (Lipinski definition) is 0. The van der Waals surface area contributed by atoms with Gasteiger partial charge in [0.15, 0.2) is 0 Å². The smallest absolute Gasteiger partial charge is 0.323 e. The zero-order chi connectivity index (χ0) is 21.6. The Morgan fingerprint density at radius 3 is 2.58 bits per heavy atom. The third-order valence-corrected chi connectivity index (χ3v) is 6.81. The molecule has 3 atom stereocenters. The van der Waals surface area contributed by atoms with Crippen LogP contribution in [0.25, 0.3) is 0 Å². The monoisotopic (exact) mass is 423 g/mol. The van der Waals surface area contributed by atoms with Crippen LogP contribution in [0.15, 0.2) is 54.6 Å². The zero-order valence-corrected chi connectivity index (χ0v) is 17.8. The van der Waals surface area contributed by atoms with Gasteiger partial charge in [-0.1, -0.05) is 68.1 Å². The van der Waals surface area contributed by atoms with Gasteiger partial charge in [0, 0.05) is 24.9 Å². The zero-order valence-electron chi connectivity index (χ0n) is 17.8. The summed E-state index contributed by atoms with van der Waals surface area (Å²) in [6.07, 6.45) is 6.41. The highest BCUT2D eigenvalue weighted by molar-refractivity contribution is 5.76. The van der Waals surface area contributed by atoms with E-state index in [1.807, 2.05) is 36.4 Å². The van der Waals surface area contributed by atoms with E-state index >= 15 is 0 Å². The van der Waals surface area contributed by atoms with E-state index < -0.39 is 0 Å². The van der Waals surface area contributed by atoms with E-state index in [1.165, 1.54) is 25.0 Å². The lowest BCUT2D eigenvalue weighted by molar-refractivity contribution is -0.152. The molecule has 0 N–H and O–H groups in total. The Kier molecular flexibility index (Phi) is 7.13. The van der Waals surface area contributed by atoms with Crippen molar-refractivity contribution in [1.29, 1.82) is 0 Å². The van der Waals surface area contributed by atoms with Crippen molar-refractivity contribution in [3.63, 3.8) is 0 Å². The molecule has 5 heteroatoms. The van der Waals surface area contributed by atoms with Gasteiger partial charge in [-0.2, -0.15) is 0 Å². The van der Waals surface area contributed by atoms with Gasteiger partial charge in [0.25, 0.3) is 0 Å². The predicted molar refractivity (Wildman–Crippen MR) is 117 cm³/mol. The Morgan fingerprint density at radius 2 is 1.87 bits per heavy atom. The van der Waals surface area contributed by atoms with Gasteiger partial charge >= 0.3 is 5.97 Å². The topological polar surface area (TPSA) is 46.6 Å². The van der Waals surface area contributed by atoms with Crippen LogP contribution >= 0.6 is 0 Å². The minimum Gasteiger partial charge on any atom is -0.460 e. The molecule has 0 bridgehead atoms. The lowest BCUT2D eigenvalue weighted by Gasteiger charge is -2.28. The van der Waals surface area contributed by atoms with Crippen LogP contribution in [0, 0.1) is 17.7 Å². The van der Waals surface area contributed by atoms with Gasteiger partial charge in [-0.25, -0.2) is 4.39 Å². The van der Waals surface area contributed by atoms with E-state index in [4.69, 9.17) is 4.74 Å². The van der Waals surface area contributed by atoms with Gasteiger partial charge < -0.3 is 9.53 Å². The second kappa shape index (κ2) is 10.2. The van der Waals surface area contributed by atoms with Crippen molar-refractivity contribution < 1.29 is 18.7 Å². The quantitative estimate of drug-likeness (QED) is 0.455. The summed E-state index contributed by atoms with van der Waals surface area (Å²) < 4.78 is 19.5. The first-order valence-electron chi connectivity index (χ1n) is 11.3. The van der Waals surface area contributed by atoms with E-state index in [2.05, 4.69) is 4.90 Å². The van der Waals surface area contributed by atoms with Gasteiger partial charge in [0.1, 0.15) is 24.8 Å². The Morgan fingerprint density at radius 1 is 1.10 bits per heavy atom. The molecular formula is C26H30FNO3. The van der Waals surface area contributed by atoms with Crippen LogP contribution in [0.5, 0.6) is 0 Å². The average Bonchev–Trinajstić information content (AvgIpc) is 3.46. The van der Waals surface area contributed by atoms with Crippen LogP contribution in [0.4, 0.5) is 4.39 Å². The van der Waals surface area contributed by atoms with Gasteiger partial charge in [0.05, 0.1) is 0 Å². The Bertz CT molecular complexity index is 881. The molecule has 1 heterocycles. The number of likely N-dealkylation sites (tertiary alicyclic amines) is 1. The van der Waals surface area contributed by atoms with Crippen molar-refractivity contribution in [2.24, 2.45) is 11.8 Å².